The van der Waals surface area contributed by atoms with Gasteiger partial charge in [0.2, 0.25) is 0 Å². The number of aliphatic hydroxyl groups is 1. The van der Waals surface area contributed by atoms with Crippen LogP contribution in [-0.4, -0.2) is 22.2 Å². The van der Waals surface area contributed by atoms with Gasteiger partial charge in [0.1, 0.15) is 5.82 Å². The molecule has 1 aromatic carbocycles. The van der Waals surface area contributed by atoms with Crippen LogP contribution >= 0.6 is 0 Å². The first-order valence-corrected chi connectivity index (χ1v) is 5.47. The number of fused-ring (bicyclic) bond motifs is 1. The third kappa shape index (κ3) is 2.31. The highest BCUT2D eigenvalue weighted by Crippen LogP contribution is 2.15. The number of pyridine rings is 1. The lowest BCUT2D eigenvalue weighted by molar-refractivity contribution is 0.177. The van der Waals surface area contributed by atoms with E-state index < -0.39 is 6.10 Å². The maximum Gasteiger partial charge on any atom is 0.126 e. The van der Waals surface area contributed by atoms with E-state index in [-0.39, 0.29) is 6.04 Å². The normalized spacial score (nSPS) is 14.7. The van der Waals surface area contributed by atoms with Crippen LogP contribution in [-0.2, 0) is 0 Å². The summed E-state index contributed by atoms with van der Waals surface area (Å²) in [5.74, 6) is 0.798. The fourth-order valence-electron chi connectivity index (χ4n) is 1.50. The minimum Gasteiger partial charge on any atom is -0.391 e. The summed E-state index contributed by atoms with van der Waals surface area (Å²) in [5.41, 5.74) is 0.963. The number of aliphatic hydroxyl groups excluding tert-OH is 1. The molecule has 0 saturated carbocycles. The van der Waals surface area contributed by atoms with Crippen LogP contribution in [0.2, 0.25) is 0 Å². The molecule has 2 rings (SSSR count). The van der Waals surface area contributed by atoms with Gasteiger partial charge in [0, 0.05) is 5.39 Å². The molecule has 3 nitrogen and oxygen atoms in total. The molecule has 2 atom stereocenters. The summed E-state index contributed by atoms with van der Waals surface area (Å²) in [4.78, 5) is 4.48. The van der Waals surface area contributed by atoms with Crippen molar-refractivity contribution in [1.82, 2.24) is 4.98 Å². The van der Waals surface area contributed by atoms with Crippen LogP contribution in [0.25, 0.3) is 10.9 Å². The lowest BCUT2D eigenvalue weighted by atomic mass is 10.2. The van der Waals surface area contributed by atoms with E-state index in [1.165, 1.54) is 0 Å². The van der Waals surface area contributed by atoms with Crippen LogP contribution in [0.15, 0.2) is 36.4 Å². The second-order valence-corrected chi connectivity index (χ2v) is 4.06. The van der Waals surface area contributed by atoms with Gasteiger partial charge >= 0.3 is 0 Å². The summed E-state index contributed by atoms with van der Waals surface area (Å²) in [6.07, 6.45) is -0.395. The van der Waals surface area contributed by atoms with Gasteiger partial charge in [-0.05, 0) is 32.0 Å². The summed E-state index contributed by atoms with van der Waals surface area (Å²) in [6.45, 7) is 3.69. The van der Waals surface area contributed by atoms with E-state index in [0.29, 0.717) is 0 Å². The molecule has 2 aromatic rings. The van der Waals surface area contributed by atoms with Gasteiger partial charge in [0.15, 0.2) is 0 Å². The van der Waals surface area contributed by atoms with Crippen LogP contribution in [0.5, 0.6) is 0 Å². The molecule has 0 spiro atoms. The zero-order chi connectivity index (χ0) is 11.5. The minimum atomic E-state index is -0.395. The van der Waals surface area contributed by atoms with Gasteiger partial charge in [-0.1, -0.05) is 18.2 Å². The van der Waals surface area contributed by atoms with Crippen molar-refractivity contribution in [3.63, 3.8) is 0 Å². The quantitative estimate of drug-likeness (QED) is 0.828. The first-order chi connectivity index (χ1) is 7.66. The van der Waals surface area contributed by atoms with Crippen molar-refractivity contribution in [1.29, 1.82) is 0 Å². The molecule has 16 heavy (non-hydrogen) atoms. The van der Waals surface area contributed by atoms with E-state index in [0.717, 1.165) is 16.7 Å². The SMILES string of the molecule is CC(O)C(C)Nc1ccc2ccccc2n1. The van der Waals surface area contributed by atoms with E-state index in [9.17, 15) is 5.11 Å². The van der Waals surface area contributed by atoms with E-state index in [2.05, 4.69) is 10.3 Å². The predicted octanol–water partition coefficient (Wildman–Crippen LogP) is 2.42. The van der Waals surface area contributed by atoms with Crippen molar-refractivity contribution in [2.45, 2.75) is 26.0 Å². The number of aromatic nitrogens is 1. The van der Waals surface area contributed by atoms with Crippen molar-refractivity contribution in [3.05, 3.63) is 36.4 Å². The number of rotatable bonds is 3. The fraction of sp³-hybridized carbons (Fsp3) is 0.308. The van der Waals surface area contributed by atoms with Gasteiger partial charge in [0.05, 0.1) is 17.7 Å². The molecular formula is C13H16N2O. The van der Waals surface area contributed by atoms with Crippen molar-refractivity contribution in [2.24, 2.45) is 0 Å². The molecule has 1 aromatic heterocycles. The molecule has 2 unspecified atom stereocenters. The fourth-order valence-corrected chi connectivity index (χ4v) is 1.50. The van der Waals surface area contributed by atoms with Crippen molar-refractivity contribution < 1.29 is 5.11 Å². The van der Waals surface area contributed by atoms with Gasteiger partial charge in [-0.2, -0.15) is 0 Å². The highest BCUT2D eigenvalue weighted by Gasteiger charge is 2.08. The number of anilines is 1. The first kappa shape index (κ1) is 10.9. The maximum atomic E-state index is 9.41. The average Bonchev–Trinajstić information content (AvgIpc) is 2.28. The highest BCUT2D eigenvalue weighted by molar-refractivity contribution is 5.80. The molecular weight excluding hydrogens is 200 g/mol. The molecule has 84 valence electrons. The molecule has 0 saturated heterocycles. The van der Waals surface area contributed by atoms with Crippen molar-refractivity contribution in [2.75, 3.05) is 5.32 Å². The maximum absolute atomic E-state index is 9.41. The minimum absolute atomic E-state index is 0.00587. The molecule has 0 aliphatic carbocycles. The summed E-state index contributed by atoms with van der Waals surface area (Å²) < 4.78 is 0. The Labute approximate surface area is 95.1 Å². The summed E-state index contributed by atoms with van der Waals surface area (Å²) in [7, 11) is 0. The van der Waals surface area contributed by atoms with Gasteiger partial charge < -0.3 is 10.4 Å². The van der Waals surface area contributed by atoms with Crippen LogP contribution < -0.4 is 5.32 Å². The third-order valence-corrected chi connectivity index (χ3v) is 2.70. The monoisotopic (exact) mass is 216 g/mol. The van der Waals surface area contributed by atoms with E-state index in [4.69, 9.17) is 0 Å². The van der Waals surface area contributed by atoms with Crippen LogP contribution in [0.1, 0.15) is 13.8 Å². The summed E-state index contributed by atoms with van der Waals surface area (Å²) >= 11 is 0. The van der Waals surface area contributed by atoms with Crippen LogP contribution in [0.4, 0.5) is 5.82 Å². The molecule has 0 fully saturated rings. The van der Waals surface area contributed by atoms with Crippen molar-refractivity contribution in [3.8, 4) is 0 Å². The van der Waals surface area contributed by atoms with E-state index in [1.54, 1.807) is 6.92 Å². The smallest absolute Gasteiger partial charge is 0.126 e. The number of hydrogen-bond acceptors (Lipinski definition) is 3. The van der Waals surface area contributed by atoms with Gasteiger partial charge in [0.25, 0.3) is 0 Å². The Bertz CT molecular complexity index is 482. The lowest BCUT2D eigenvalue weighted by Crippen LogP contribution is -2.28. The molecule has 3 heteroatoms. The third-order valence-electron chi connectivity index (χ3n) is 2.70. The molecule has 0 aliphatic rings. The Kier molecular flexibility index (Phi) is 3.06. The van der Waals surface area contributed by atoms with Crippen LogP contribution in [0.3, 0.4) is 0 Å². The van der Waals surface area contributed by atoms with Crippen LogP contribution in [0, 0.1) is 0 Å². The van der Waals surface area contributed by atoms with Gasteiger partial charge in [-0.3, -0.25) is 0 Å². The Morgan fingerprint density at radius 3 is 2.62 bits per heavy atom. The standard InChI is InChI=1S/C13H16N2O/c1-9(10(2)16)14-13-8-7-11-5-3-4-6-12(11)15-13/h3-10,16H,1-2H3,(H,14,15). The number of nitrogens with zero attached hydrogens (tertiary/aromatic N) is 1. The molecule has 2 N–H and O–H groups in total. The molecule has 0 amide bonds. The number of nitrogens with one attached hydrogen (secondary N) is 1. The molecule has 0 bridgehead atoms. The highest BCUT2D eigenvalue weighted by atomic mass is 16.3. The summed E-state index contributed by atoms with van der Waals surface area (Å²) in [5, 5.41) is 13.7. The number of hydrogen-bond donors (Lipinski definition) is 2. The Morgan fingerprint density at radius 2 is 1.88 bits per heavy atom. The Morgan fingerprint density at radius 1 is 1.12 bits per heavy atom. The largest absolute Gasteiger partial charge is 0.391 e. The molecule has 1 heterocycles. The molecule has 0 aliphatic heterocycles. The van der Waals surface area contributed by atoms with E-state index in [1.807, 2.05) is 43.3 Å². The molecule has 0 radical (unpaired) electrons. The van der Waals surface area contributed by atoms with Gasteiger partial charge in [-0.15, -0.1) is 0 Å². The lowest BCUT2D eigenvalue weighted by Gasteiger charge is -2.17. The summed E-state index contributed by atoms with van der Waals surface area (Å²) in [6, 6.07) is 11.9. The Balaban J connectivity index is 2.26. The number of para-hydroxylation sites is 1. The van der Waals surface area contributed by atoms with Crippen molar-refractivity contribution >= 4 is 16.7 Å². The zero-order valence-corrected chi connectivity index (χ0v) is 9.51. The predicted molar refractivity (Wildman–Crippen MR) is 66.5 cm³/mol. The average molecular weight is 216 g/mol. The second kappa shape index (κ2) is 4.49. The zero-order valence-electron chi connectivity index (χ0n) is 9.51. The Hall–Kier alpha value is -1.61. The van der Waals surface area contributed by atoms with Gasteiger partial charge in [-0.25, -0.2) is 4.98 Å². The number of benzene rings is 1. The second-order valence-electron chi connectivity index (χ2n) is 4.06. The first-order valence-electron chi connectivity index (χ1n) is 5.47. The van der Waals surface area contributed by atoms with E-state index >= 15 is 0 Å². The topological polar surface area (TPSA) is 45.1 Å².